The lowest BCUT2D eigenvalue weighted by Gasteiger charge is -1.99. The molecule has 0 amide bonds. The zero-order chi connectivity index (χ0) is 11.0. The predicted octanol–water partition coefficient (Wildman–Crippen LogP) is 2.22. The Kier molecular flexibility index (Phi) is 2.34. The summed E-state index contributed by atoms with van der Waals surface area (Å²) in [5.41, 5.74) is 4.41. The van der Waals surface area contributed by atoms with E-state index in [1.165, 1.54) is 5.69 Å². The summed E-state index contributed by atoms with van der Waals surface area (Å²) in [6.45, 7) is 9.09. The Bertz CT molecular complexity index is 479. The lowest BCUT2D eigenvalue weighted by Crippen LogP contribution is -1.98. The van der Waals surface area contributed by atoms with E-state index in [4.69, 9.17) is 0 Å². The van der Waals surface area contributed by atoms with Gasteiger partial charge in [-0.3, -0.25) is 4.68 Å². The first-order valence-corrected chi connectivity index (χ1v) is 5.19. The lowest BCUT2D eigenvalue weighted by molar-refractivity contribution is 0.634. The van der Waals surface area contributed by atoms with Crippen molar-refractivity contribution >= 4 is 0 Å². The van der Waals surface area contributed by atoms with Crippen LogP contribution >= 0.6 is 0 Å². The van der Waals surface area contributed by atoms with Gasteiger partial charge in [0.1, 0.15) is 5.82 Å². The van der Waals surface area contributed by atoms with Gasteiger partial charge in [0.15, 0.2) is 0 Å². The Morgan fingerprint density at radius 1 is 1.33 bits per heavy atom. The summed E-state index contributed by atoms with van der Waals surface area (Å²) in [5.74, 6) is 0.919. The van der Waals surface area contributed by atoms with Crippen LogP contribution in [0.3, 0.4) is 0 Å². The molecule has 80 valence electrons. The van der Waals surface area contributed by atoms with Gasteiger partial charge < -0.3 is 4.98 Å². The number of imidazole rings is 1. The molecule has 0 bridgehead atoms. The molecule has 0 radical (unpaired) electrons. The molecule has 4 heteroatoms. The molecular weight excluding hydrogens is 188 g/mol. The average molecular weight is 204 g/mol. The number of hydrogen-bond acceptors (Lipinski definition) is 2. The van der Waals surface area contributed by atoms with E-state index in [2.05, 4.69) is 28.9 Å². The van der Waals surface area contributed by atoms with Gasteiger partial charge in [-0.05, 0) is 27.7 Å². The highest BCUT2D eigenvalue weighted by molar-refractivity contribution is 5.61. The first kappa shape index (κ1) is 9.96. The van der Waals surface area contributed by atoms with Crippen molar-refractivity contribution in [3.63, 3.8) is 0 Å². The van der Waals surface area contributed by atoms with E-state index in [1.807, 2.05) is 24.7 Å². The van der Waals surface area contributed by atoms with Gasteiger partial charge in [-0.2, -0.15) is 5.10 Å². The van der Waals surface area contributed by atoms with Gasteiger partial charge in [0.2, 0.25) is 0 Å². The Hall–Kier alpha value is -1.58. The molecule has 0 aliphatic heterocycles. The van der Waals surface area contributed by atoms with Crippen molar-refractivity contribution in [2.75, 3.05) is 0 Å². The molecule has 2 aromatic rings. The molecule has 0 saturated heterocycles. The van der Waals surface area contributed by atoms with Crippen molar-refractivity contribution in [3.8, 4) is 11.4 Å². The van der Waals surface area contributed by atoms with E-state index in [1.54, 1.807) is 0 Å². The zero-order valence-corrected chi connectivity index (χ0v) is 9.63. The second-order valence-electron chi connectivity index (χ2n) is 3.78. The Morgan fingerprint density at radius 2 is 2.07 bits per heavy atom. The standard InChI is InChI=1S/C11H16N4/c1-5-15-9(4)10(8(3)14-15)11-12-6-7(2)13-11/h6H,5H2,1-4H3,(H,12,13). The Morgan fingerprint density at radius 3 is 2.53 bits per heavy atom. The van der Waals surface area contributed by atoms with Gasteiger partial charge in [-0.1, -0.05) is 0 Å². The van der Waals surface area contributed by atoms with Crippen LogP contribution in [0.25, 0.3) is 11.4 Å². The minimum absolute atomic E-state index is 0.895. The van der Waals surface area contributed by atoms with Crippen LogP contribution in [0.2, 0.25) is 0 Å². The monoisotopic (exact) mass is 204 g/mol. The third-order valence-corrected chi connectivity index (χ3v) is 2.62. The molecule has 1 N–H and O–H groups in total. The maximum atomic E-state index is 4.47. The second-order valence-corrected chi connectivity index (χ2v) is 3.78. The molecule has 0 unspecified atom stereocenters. The van der Waals surface area contributed by atoms with Gasteiger partial charge in [-0.25, -0.2) is 4.98 Å². The van der Waals surface area contributed by atoms with E-state index in [0.29, 0.717) is 0 Å². The summed E-state index contributed by atoms with van der Waals surface area (Å²) < 4.78 is 2.00. The third-order valence-electron chi connectivity index (χ3n) is 2.62. The summed E-state index contributed by atoms with van der Waals surface area (Å²) in [5, 5.41) is 4.47. The maximum Gasteiger partial charge on any atom is 0.141 e. The van der Waals surface area contributed by atoms with Crippen LogP contribution < -0.4 is 0 Å². The third kappa shape index (κ3) is 1.56. The van der Waals surface area contributed by atoms with Crippen LogP contribution in [0.1, 0.15) is 24.0 Å². The number of aromatic nitrogens is 4. The van der Waals surface area contributed by atoms with Crippen molar-refractivity contribution in [1.82, 2.24) is 19.7 Å². The molecule has 0 aliphatic rings. The van der Waals surface area contributed by atoms with E-state index in [-0.39, 0.29) is 0 Å². The van der Waals surface area contributed by atoms with E-state index in [9.17, 15) is 0 Å². The van der Waals surface area contributed by atoms with Gasteiger partial charge in [0.05, 0.1) is 11.3 Å². The number of aryl methyl sites for hydroxylation is 3. The minimum Gasteiger partial charge on any atom is -0.342 e. The van der Waals surface area contributed by atoms with Crippen LogP contribution in [0.5, 0.6) is 0 Å². The largest absolute Gasteiger partial charge is 0.342 e. The van der Waals surface area contributed by atoms with Crippen LogP contribution in [0, 0.1) is 20.8 Å². The van der Waals surface area contributed by atoms with Crippen molar-refractivity contribution in [2.45, 2.75) is 34.2 Å². The summed E-state index contributed by atoms with van der Waals surface area (Å²) >= 11 is 0. The highest BCUT2D eigenvalue weighted by atomic mass is 15.3. The fraction of sp³-hybridized carbons (Fsp3) is 0.455. The highest BCUT2D eigenvalue weighted by Crippen LogP contribution is 2.23. The van der Waals surface area contributed by atoms with Crippen LogP contribution in [-0.2, 0) is 6.54 Å². The van der Waals surface area contributed by atoms with Crippen molar-refractivity contribution in [2.24, 2.45) is 0 Å². The van der Waals surface area contributed by atoms with Crippen LogP contribution in [-0.4, -0.2) is 19.7 Å². The molecule has 2 rings (SSSR count). The normalized spacial score (nSPS) is 10.9. The fourth-order valence-electron chi connectivity index (χ4n) is 1.89. The Balaban J connectivity index is 2.57. The summed E-state index contributed by atoms with van der Waals surface area (Å²) in [7, 11) is 0. The fourth-order valence-corrected chi connectivity index (χ4v) is 1.89. The van der Waals surface area contributed by atoms with Crippen molar-refractivity contribution < 1.29 is 0 Å². The number of aromatic amines is 1. The zero-order valence-electron chi connectivity index (χ0n) is 9.63. The van der Waals surface area contributed by atoms with Crippen LogP contribution in [0.15, 0.2) is 6.20 Å². The number of rotatable bonds is 2. The molecule has 4 nitrogen and oxygen atoms in total. The lowest BCUT2D eigenvalue weighted by atomic mass is 10.2. The number of hydrogen-bond donors (Lipinski definition) is 1. The van der Waals surface area contributed by atoms with E-state index >= 15 is 0 Å². The highest BCUT2D eigenvalue weighted by Gasteiger charge is 2.14. The molecule has 15 heavy (non-hydrogen) atoms. The molecule has 0 aliphatic carbocycles. The summed E-state index contributed by atoms with van der Waals surface area (Å²) in [6.07, 6.45) is 1.84. The first-order valence-electron chi connectivity index (χ1n) is 5.19. The maximum absolute atomic E-state index is 4.47. The summed E-state index contributed by atoms with van der Waals surface area (Å²) in [6, 6.07) is 0. The van der Waals surface area contributed by atoms with Crippen molar-refractivity contribution in [3.05, 3.63) is 23.3 Å². The van der Waals surface area contributed by atoms with Crippen LogP contribution in [0.4, 0.5) is 0 Å². The predicted molar refractivity (Wildman–Crippen MR) is 59.7 cm³/mol. The number of H-pyrrole nitrogens is 1. The van der Waals surface area contributed by atoms with Gasteiger partial charge >= 0.3 is 0 Å². The topological polar surface area (TPSA) is 46.5 Å². The van der Waals surface area contributed by atoms with E-state index in [0.717, 1.165) is 29.3 Å². The molecule has 0 saturated carbocycles. The van der Waals surface area contributed by atoms with Gasteiger partial charge in [0, 0.05) is 24.1 Å². The Labute approximate surface area is 89.3 Å². The molecule has 0 spiro atoms. The summed E-state index contributed by atoms with van der Waals surface area (Å²) in [4.78, 5) is 7.59. The van der Waals surface area contributed by atoms with E-state index < -0.39 is 0 Å². The SMILES string of the molecule is CCn1nc(C)c(-c2ncc(C)[nH]2)c1C. The second kappa shape index (κ2) is 3.53. The molecule has 0 atom stereocenters. The molecule has 2 aromatic heterocycles. The first-order chi connectivity index (χ1) is 7.13. The number of nitrogens with zero attached hydrogens (tertiary/aromatic N) is 3. The minimum atomic E-state index is 0.895. The molecule has 2 heterocycles. The average Bonchev–Trinajstić information content (AvgIpc) is 2.71. The number of nitrogens with one attached hydrogen (secondary N) is 1. The molecular formula is C11H16N4. The molecule has 0 aromatic carbocycles. The smallest absolute Gasteiger partial charge is 0.141 e. The quantitative estimate of drug-likeness (QED) is 0.815. The van der Waals surface area contributed by atoms with Gasteiger partial charge in [-0.15, -0.1) is 0 Å². The van der Waals surface area contributed by atoms with Crippen molar-refractivity contribution in [1.29, 1.82) is 0 Å². The molecule has 0 fully saturated rings. The van der Waals surface area contributed by atoms with Gasteiger partial charge in [0.25, 0.3) is 0 Å².